The molecule has 0 radical (unpaired) electrons. The third kappa shape index (κ3) is 2.42. The van der Waals surface area contributed by atoms with Gasteiger partial charge in [0.1, 0.15) is 0 Å². The molecule has 0 atom stereocenters. The topological polar surface area (TPSA) is 95.0 Å². The zero-order valence-corrected chi connectivity index (χ0v) is 11.6. The quantitative estimate of drug-likeness (QED) is 0.830. The lowest BCUT2D eigenvalue weighted by molar-refractivity contribution is 0.122. The predicted octanol–water partition coefficient (Wildman–Crippen LogP) is 0.0929. The van der Waals surface area contributed by atoms with Gasteiger partial charge in [-0.15, -0.1) is 0 Å². The standard InChI is InChI=1S/C12H17N7O/c1-8-7-9(2)19(17-8)12-15-10(13)14-11(16-12)18-3-5-20-6-4-18/h7H,3-6H2,1-2H3,(H2,13,14,15,16). The fourth-order valence-electron chi connectivity index (χ4n) is 2.20. The van der Waals surface area contributed by atoms with Crippen LogP contribution in [-0.4, -0.2) is 51.0 Å². The van der Waals surface area contributed by atoms with Crippen molar-refractivity contribution in [1.82, 2.24) is 24.7 Å². The van der Waals surface area contributed by atoms with Crippen LogP contribution in [0.5, 0.6) is 0 Å². The molecule has 0 bridgehead atoms. The lowest BCUT2D eigenvalue weighted by Gasteiger charge is -2.26. The maximum atomic E-state index is 5.80. The van der Waals surface area contributed by atoms with Crippen LogP contribution in [0.3, 0.4) is 0 Å². The largest absolute Gasteiger partial charge is 0.378 e. The molecule has 2 aromatic heterocycles. The van der Waals surface area contributed by atoms with Crippen LogP contribution in [0.1, 0.15) is 11.4 Å². The van der Waals surface area contributed by atoms with Gasteiger partial charge in [0.2, 0.25) is 11.9 Å². The van der Waals surface area contributed by atoms with Crippen LogP contribution >= 0.6 is 0 Å². The molecule has 0 aliphatic carbocycles. The monoisotopic (exact) mass is 275 g/mol. The van der Waals surface area contributed by atoms with E-state index in [0.29, 0.717) is 25.1 Å². The molecule has 20 heavy (non-hydrogen) atoms. The van der Waals surface area contributed by atoms with Gasteiger partial charge in [-0.25, -0.2) is 4.68 Å². The van der Waals surface area contributed by atoms with Crippen molar-refractivity contribution in [2.75, 3.05) is 36.9 Å². The number of nitrogens with two attached hydrogens (primary N) is 1. The summed E-state index contributed by atoms with van der Waals surface area (Å²) in [5.41, 5.74) is 7.67. The van der Waals surface area contributed by atoms with Crippen LogP contribution in [0.15, 0.2) is 6.07 Å². The Balaban J connectivity index is 1.99. The smallest absolute Gasteiger partial charge is 0.257 e. The minimum atomic E-state index is 0.198. The van der Waals surface area contributed by atoms with E-state index in [1.165, 1.54) is 0 Å². The number of morpholine rings is 1. The Hall–Kier alpha value is -2.22. The van der Waals surface area contributed by atoms with E-state index in [1.807, 2.05) is 24.8 Å². The van der Waals surface area contributed by atoms with E-state index in [-0.39, 0.29) is 5.95 Å². The number of hydrogen-bond donors (Lipinski definition) is 1. The van der Waals surface area contributed by atoms with Crippen molar-refractivity contribution in [2.45, 2.75) is 13.8 Å². The minimum absolute atomic E-state index is 0.198. The van der Waals surface area contributed by atoms with E-state index in [9.17, 15) is 0 Å². The lowest BCUT2D eigenvalue weighted by Crippen LogP contribution is -2.37. The Kier molecular flexibility index (Phi) is 3.23. The number of aryl methyl sites for hydroxylation is 2. The van der Waals surface area contributed by atoms with E-state index in [2.05, 4.69) is 20.1 Å². The van der Waals surface area contributed by atoms with E-state index in [0.717, 1.165) is 24.5 Å². The Bertz CT molecular complexity index is 618. The summed E-state index contributed by atoms with van der Waals surface area (Å²) in [5, 5.41) is 4.37. The second-order valence-electron chi connectivity index (χ2n) is 4.73. The van der Waals surface area contributed by atoms with E-state index < -0.39 is 0 Å². The van der Waals surface area contributed by atoms with Gasteiger partial charge in [0.15, 0.2) is 0 Å². The lowest BCUT2D eigenvalue weighted by atomic mass is 10.4. The number of nitrogens with zero attached hydrogens (tertiary/aromatic N) is 6. The Morgan fingerprint density at radius 2 is 1.80 bits per heavy atom. The second kappa shape index (κ2) is 5.04. The zero-order valence-electron chi connectivity index (χ0n) is 11.6. The summed E-state index contributed by atoms with van der Waals surface area (Å²) in [6.45, 7) is 6.72. The number of ether oxygens (including phenoxy) is 1. The highest BCUT2D eigenvalue weighted by atomic mass is 16.5. The molecule has 2 aromatic rings. The first kappa shape index (κ1) is 12.8. The summed E-state index contributed by atoms with van der Waals surface area (Å²) in [5.74, 6) is 1.22. The van der Waals surface area contributed by atoms with Gasteiger partial charge in [0.25, 0.3) is 5.95 Å². The first-order valence-electron chi connectivity index (χ1n) is 6.51. The summed E-state index contributed by atoms with van der Waals surface area (Å²) in [6, 6.07) is 1.97. The van der Waals surface area contributed by atoms with Crippen molar-refractivity contribution < 1.29 is 4.74 Å². The van der Waals surface area contributed by atoms with Crippen molar-refractivity contribution >= 4 is 11.9 Å². The Labute approximate surface area is 116 Å². The van der Waals surface area contributed by atoms with Crippen LogP contribution in [0.2, 0.25) is 0 Å². The average molecular weight is 275 g/mol. The normalized spacial score (nSPS) is 15.6. The molecule has 0 spiro atoms. The second-order valence-corrected chi connectivity index (χ2v) is 4.73. The van der Waals surface area contributed by atoms with Crippen LogP contribution in [0, 0.1) is 13.8 Å². The first-order chi connectivity index (χ1) is 9.63. The highest BCUT2D eigenvalue weighted by Gasteiger charge is 2.17. The minimum Gasteiger partial charge on any atom is -0.378 e. The average Bonchev–Trinajstić information content (AvgIpc) is 2.78. The van der Waals surface area contributed by atoms with Gasteiger partial charge in [-0.2, -0.15) is 20.1 Å². The molecule has 1 aliphatic rings. The maximum Gasteiger partial charge on any atom is 0.257 e. The Morgan fingerprint density at radius 3 is 2.45 bits per heavy atom. The third-order valence-electron chi connectivity index (χ3n) is 3.12. The summed E-state index contributed by atoms with van der Waals surface area (Å²) in [6.07, 6.45) is 0. The third-order valence-corrected chi connectivity index (χ3v) is 3.12. The van der Waals surface area contributed by atoms with Gasteiger partial charge in [0.05, 0.1) is 18.9 Å². The number of nitrogen functional groups attached to an aromatic ring is 1. The SMILES string of the molecule is Cc1cc(C)n(-c2nc(N)nc(N3CCOCC3)n2)n1. The summed E-state index contributed by atoms with van der Waals surface area (Å²) >= 11 is 0. The van der Waals surface area contributed by atoms with E-state index in [1.54, 1.807) is 4.68 Å². The van der Waals surface area contributed by atoms with E-state index in [4.69, 9.17) is 10.5 Å². The van der Waals surface area contributed by atoms with Crippen LogP contribution < -0.4 is 10.6 Å². The fourth-order valence-corrected chi connectivity index (χ4v) is 2.20. The summed E-state index contributed by atoms with van der Waals surface area (Å²) < 4.78 is 7.01. The molecular formula is C12H17N7O. The van der Waals surface area contributed by atoms with Crippen molar-refractivity contribution in [2.24, 2.45) is 0 Å². The maximum absolute atomic E-state index is 5.80. The van der Waals surface area contributed by atoms with Gasteiger partial charge in [0, 0.05) is 18.8 Å². The molecule has 106 valence electrons. The molecule has 1 aliphatic heterocycles. The zero-order chi connectivity index (χ0) is 14.1. The molecule has 0 unspecified atom stereocenters. The number of hydrogen-bond acceptors (Lipinski definition) is 7. The summed E-state index contributed by atoms with van der Waals surface area (Å²) in [7, 11) is 0. The molecule has 2 N–H and O–H groups in total. The molecule has 8 heteroatoms. The molecule has 1 saturated heterocycles. The van der Waals surface area contributed by atoms with E-state index >= 15 is 0 Å². The van der Waals surface area contributed by atoms with Crippen LogP contribution in [-0.2, 0) is 4.74 Å². The molecule has 1 fully saturated rings. The summed E-state index contributed by atoms with van der Waals surface area (Å²) in [4.78, 5) is 14.9. The van der Waals surface area contributed by atoms with Crippen LogP contribution in [0.25, 0.3) is 5.95 Å². The highest BCUT2D eigenvalue weighted by Crippen LogP contribution is 2.14. The molecule has 8 nitrogen and oxygen atoms in total. The molecular weight excluding hydrogens is 258 g/mol. The molecule has 0 saturated carbocycles. The number of rotatable bonds is 2. The molecule has 3 heterocycles. The number of anilines is 2. The van der Waals surface area contributed by atoms with Crippen molar-refractivity contribution in [1.29, 1.82) is 0 Å². The van der Waals surface area contributed by atoms with Gasteiger partial charge in [-0.05, 0) is 19.9 Å². The molecule has 0 aromatic carbocycles. The van der Waals surface area contributed by atoms with Crippen molar-refractivity contribution in [3.63, 3.8) is 0 Å². The van der Waals surface area contributed by atoms with Crippen LogP contribution in [0.4, 0.5) is 11.9 Å². The predicted molar refractivity (Wildman–Crippen MR) is 73.9 cm³/mol. The van der Waals surface area contributed by atoms with Crippen molar-refractivity contribution in [3.8, 4) is 5.95 Å². The highest BCUT2D eigenvalue weighted by molar-refractivity contribution is 5.38. The van der Waals surface area contributed by atoms with Crippen molar-refractivity contribution in [3.05, 3.63) is 17.5 Å². The molecule has 3 rings (SSSR count). The van der Waals surface area contributed by atoms with Gasteiger partial charge >= 0.3 is 0 Å². The fraction of sp³-hybridized carbons (Fsp3) is 0.500. The van der Waals surface area contributed by atoms with Gasteiger partial charge in [-0.1, -0.05) is 0 Å². The number of aromatic nitrogens is 5. The van der Waals surface area contributed by atoms with Gasteiger partial charge in [-0.3, -0.25) is 0 Å². The first-order valence-corrected chi connectivity index (χ1v) is 6.51. The van der Waals surface area contributed by atoms with Gasteiger partial charge < -0.3 is 15.4 Å². The Morgan fingerprint density at radius 1 is 1.10 bits per heavy atom. The molecule has 0 amide bonds.